The van der Waals surface area contributed by atoms with Crippen LogP contribution < -0.4 is 0 Å². The van der Waals surface area contributed by atoms with Gasteiger partial charge in [0.2, 0.25) is 0 Å². The maximum absolute atomic E-state index is 4.61. The van der Waals surface area contributed by atoms with E-state index in [1.165, 1.54) is 56.7 Å². The van der Waals surface area contributed by atoms with Crippen molar-refractivity contribution in [2.24, 2.45) is 5.41 Å². The quantitative estimate of drug-likeness (QED) is 0.817. The van der Waals surface area contributed by atoms with E-state index in [9.17, 15) is 0 Å². The van der Waals surface area contributed by atoms with Crippen molar-refractivity contribution < 1.29 is 0 Å². The number of nitrogens with zero attached hydrogens (tertiary/aromatic N) is 3. The summed E-state index contributed by atoms with van der Waals surface area (Å²) in [6.07, 6.45) is 6.86. The molecule has 0 saturated carbocycles. The van der Waals surface area contributed by atoms with E-state index in [-0.39, 0.29) is 0 Å². The van der Waals surface area contributed by atoms with Gasteiger partial charge in [-0.15, -0.1) is 0 Å². The fraction of sp³-hybridized carbons (Fsp3) is 0.706. The van der Waals surface area contributed by atoms with Crippen molar-refractivity contribution in [3.63, 3.8) is 0 Å². The molecule has 1 spiro atoms. The normalized spacial score (nSPS) is 28.8. The molecule has 2 aliphatic heterocycles. The molecule has 1 aromatic rings. The molecule has 0 N–H and O–H groups in total. The van der Waals surface area contributed by atoms with E-state index in [0.717, 1.165) is 12.5 Å². The van der Waals surface area contributed by atoms with Gasteiger partial charge in [-0.1, -0.05) is 6.92 Å². The largest absolute Gasteiger partial charge is 0.305 e. The molecule has 1 unspecified atom stereocenters. The van der Waals surface area contributed by atoms with E-state index in [1.807, 2.05) is 6.20 Å². The molecule has 3 heteroatoms. The number of likely N-dealkylation sites (tertiary alicyclic amines) is 2. The smallest absolute Gasteiger partial charge is 0.0439 e. The van der Waals surface area contributed by atoms with Crippen LogP contribution in [0.1, 0.15) is 30.2 Å². The molecule has 1 aromatic heterocycles. The lowest BCUT2D eigenvalue weighted by atomic mass is 9.71. The van der Waals surface area contributed by atoms with Crippen molar-refractivity contribution in [3.8, 4) is 0 Å². The van der Waals surface area contributed by atoms with Crippen LogP contribution >= 0.6 is 0 Å². The zero-order chi connectivity index (χ0) is 13.7. The number of pyridine rings is 1. The Morgan fingerprint density at radius 2 is 2.10 bits per heavy atom. The summed E-state index contributed by atoms with van der Waals surface area (Å²) in [4.78, 5) is 9.80. The lowest BCUT2D eigenvalue weighted by Gasteiger charge is -2.62. The van der Waals surface area contributed by atoms with E-state index in [2.05, 4.69) is 34.8 Å². The Labute approximate surface area is 122 Å². The van der Waals surface area contributed by atoms with E-state index in [4.69, 9.17) is 0 Å². The second-order valence-electron chi connectivity index (χ2n) is 7.22. The van der Waals surface area contributed by atoms with Crippen LogP contribution in [0.4, 0.5) is 0 Å². The number of aromatic nitrogens is 1. The van der Waals surface area contributed by atoms with Gasteiger partial charge >= 0.3 is 0 Å². The van der Waals surface area contributed by atoms with Crippen molar-refractivity contribution in [2.45, 2.75) is 38.6 Å². The molecule has 0 aromatic carbocycles. The van der Waals surface area contributed by atoms with Crippen LogP contribution in [0.15, 0.2) is 12.3 Å². The molecule has 4 rings (SSSR count). The topological polar surface area (TPSA) is 19.4 Å². The molecule has 3 heterocycles. The number of rotatable bonds is 2. The third kappa shape index (κ3) is 1.91. The molecule has 20 heavy (non-hydrogen) atoms. The summed E-state index contributed by atoms with van der Waals surface area (Å²) in [5.41, 5.74) is 5.13. The summed E-state index contributed by atoms with van der Waals surface area (Å²) in [5.74, 6) is 0. The van der Waals surface area contributed by atoms with Crippen molar-refractivity contribution >= 4 is 0 Å². The highest BCUT2D eigenvalue weighted by Gasteiger charge is 2.51. The van der Waals surface area contributed by atoms with Gasteiger partial charge < -0.3 is 4.90 Å². The maximum atomic E-state index is 4.61. The van der Waals surface area contributed by atoms with Crippen molar-refractivity contribution in [1.82, 2.24) is 14.8 Å². The van der Waals surface area contributed by atoms with Gasteiger partial charge in [-0.3, -0.25) is 9.88 Å². The van der Waals surface area contributed by atoms with Crippen molar-refractivity contribution in [1.29, 1.82) is 0 Å². The Morgan fingerprint density at radius 1 is 1.30 bits per heavy atom. The van der Waals surface area contributed by atoms with Gasteiger partial charge in [0.05, 0.1) is 0 Å². The lowest BCUT2D eigenvalue weighted by molar-refractivity contribution is -0.122. The molecule has 0 bridgehead atoms. The molecule has 0 radical (unpaired) electrons. The number of hydrogen-bond acceptors (Lipinski definition) is 3. The fourth-order valence-corrected chi connectivity index (χ4v) is 4.70. The van der Waals surface area contributed by atoms with Crippen LogP contribution in [0.3, 0.4) is 0 Å². The van der Waals surface area contributed by atoms with Gasteiger partial charge in [0.15, 0.2) is 0 Å². The zero-order valence-corrected chi connectivity index (χ0v) is 12.7. The Balaban J connectivity index is 1.45. The molecule has 3 aliphatic rings. The van der Waals surface area contributed by atoms with E-state index in [1.54, 1.807) is 5.56 Å². The summed E-state index contributed by atoms with van der Waals surface area (Å²) in [7, 11) is 2.24. The fourth-order valence-electron chi connectivity index (χ4n) is 4.70. The highest BCUT2D eigenvalue weighted by molar-refractivity contribution is 5.33. The van der Waals surface area contributed by atoms with E-state index >= 15 is 0 Å². The minimum atomic E-state index is 0.664. The Kier molecular flexibility index (Phi) is 2.90. The zero-order valence-electron chi connectivity index (χ0n) is 12.7. The number of fused-ring (bicyclic) bond motifs is 1. The van der Waals surface area contributed by atoms with Crippen LogP contribution in [0.5, 0.6) is 0 Å². The summed E-state index contributed by atoms with van der Waals surface area (Å²) < 4.78 is 0. The van der Waals surface area contributed by atoms with Crippen LogP contribution in [0.25, 0.3) is 0 Å². The second-order valence-corrected chi connectivity index (χ2v) is 7.22. The predicted molar refractivity (Wildman–Crippen MR) is 80.9 cm³/mol. The second kappa shape index (κ2) is 4.54. The molecule has 108 valence electrons. The number of aryl methyl sites for hydroxylation is 2. The summed E-state index contributed by atoms with van der Waals surface area (Å²) in [6.45, 7) is 7.56. The first-order chi connectivity index (χ1) is 9.69. The Morgan fingerprint density at radius 3 is 2.80 bits per heavy atom. The van der Waals surface area contributed by atoms with Crippen molar-refractivity contribution in [3.05, 3.63) is 29.1 Å². The maximum Gasteiger partial charge on any atom is 0.0439 e. The molecule has 2 fully saturated rings. The van der Waals surface area contributed by atoms with Gasteiger partial charge in [-0.05, 0) is 49.9 Å². The minimum absolute atomic E-state index is 0.664. The van der Waals surface area contributed by atoms with Gasteiger partial charge in [-0.25, -0.2) is 0 Å². The molecular formula is C17H25N3. The molecular weight excluding hydrogens is 246 g/mol. The van der Waals surface area contributed by atoms with Gasteiger partial charge in [0.1, 0.15) is 0 Å². The van der Waals surface area contributed by atoms with Crippen molar-refractivity contribution in [2.75, 3.05) is 33.2 Å². The SMILES string of the molecule is CCc1ccnc2c1CC(N1CC3(CN(C)C3)C1)CC2. The molecule has 1 aliphatic carbocycles. The highest BCUT2D eigenvalue weighted by atomic mass is 15.3. The summed E-state index contributed by atoms with van der Waals surface area (Å²) in [5, 5.41) is 0. The first kappa shape index (κ1) is 12.8. The summed E-state index contributed by atoms with van der Waals surface area (Å²) in [6, 6.07) is 2.99. The van der Waals surface area contributed by atoms with Gasteiger partial charge in [-0.2, -0.15) is 0 Å². The van der Waals surface area contributed by atoms with Crippen LogP contribution in [0.2, 0.25) is 0 Å². The minimum Gasteiger partial charge on any atom is -0.305 e. The first-order valence-electron chi connectivity index (χ1n) is 8.07. The lowest BCUT2D eigenvalue weighted by Crippen LogP contribution is -2.72. The summed E-state index contributed by atoms with van der Waals surface area (Å²) >= 11 is 0. The van der Waals surface area contributed by atoms with Gasteiger partial charge in [0, 0.05) is 49.5 Å². The Hall–Kier alpha value is -0.930. The molecule has 3 nitrogen and oxygen atoms in total. The van der Waals surface area contributed by atoms with E-state index in [0.29, 0.717) is 5.41 Å². The monoisotopic (exact) mass is 271 g/mol. The molecule has 1 atom stereocenters. The van der Waals surface area contributed by atoms with E-state index < -0.39 is 0 Å². The highest BCUT2D eigenvalue weighted by Crippen LogP contribution is 2.41. The average Bonchev–Trinajstić information content (AvgIpc) is 2.40. The molecule has 0 amide bonds. The Bertz CT molecular complexity index is 497. The van der Waals surface area contributed by atoms with Crippen LogP contribution in [-0.2, 0) is 19.3 Å². The number of hydrogen-bond donors (Lipinski definition) is 0. The molecule has 2 saturated heterocycles. The third-order valence-electron chi connectivity index (χ3n) is 5.58. The average molecular weight is 271 g/mol. The van der Waals surface area contributed by atoms with Gasteiger partial charge in [0.25, 0.3) is 0 Å². The first-order valence-corrected chi connectivity index (χ1v) is 8.07. The van der Waals surface area contributed by atoms with Crippen LogP contribution in [-0.4, -0.2) is 54.1 Å². The predicted octanol–water partition coefficient (Wildman–Crippen LogP) is 1.75. The van der Waals surface area contributed by atoms with Crippen LogP contribution in [0, 0.1) is 5.41 Å². The third-order valence-corrected chi connectivity index (χ3v) is 5.58. The standard InChI is InChI=1S/C17H25N3/c1-3-13-6-7-18-16-5-4-14(8-15(13)16)20-11-17(12-20)9-19(2)10-17/h6-7,14H,3-5,8-12H2,1-2H3.